The lowest BCUT2D eigenvalue weighted by atomic mass is 10.0. The highest BCUT2D eigenvalue weighted by Crippen LogP contribution is 2.24. The van der Waals surface area contributed by atoms with Crippen molar-refractivity contribution in [1.82, 2.24) is 0 Å². The van der Waals surface area contributed by atoms with Gasteiger partial charge in [0.2, 0.25) is 0 Å². The fourth-order valence-electron chi connectivity index (χ4n) is 2.42. The molecule has 0 saturated carbocycles. The maximum absolute atomic E-state index is 2.28. The van der Waals surface area contributed by atoms with Gasteiger partial charge in [0.1, 0.15) is 14.1 Å². The summed E-state index contributed by atoms with van der Waals surface area (Å²) < 4.78 is 4.24. The van der Waals surface area contributed by atoms with Gasteiger partial charge >= 0.3 is 0 Å². The van der Waals surface area contributed by atoms with E-state index in [1.807, 2.05) is 7.05 Å². The van der Waals surface area contributed by atoms with Gasteiger partial charge in [0, 0.05) is 24.3 Å². The van der Waals surface area contributed by atoms with Crippen LogP contribution in [0, 0.1) is 0 Å². The molecule has 3 rings (SSSR count). The van der Waals surface area contributed by atoms with Crippen molar-refractivity contribution in [1.29, 1.82) is 0 Å². The Morgan fingerprint density at radius 1 is 0.842 bits per heavy atom. The zero-order valence-corrected chi connectivity index (χ0v) is 11.3. The molecule has 0 N–H and O–H groups in total. The van der Waals surface area contributed by atoms with Crippen molar-refractivity contribution in [3.63, 3.8) is 0 Å². The second-order valence-corrected chi connectivity index (χ2v) is 5.00. The molecule has 2 aromatic heterocycles. The molecule has 94 valence electrons. The predicted molar refractivity (Wildman–Crippen MR) is 75.3 cm³/mol. The lowest BCUT2D eigenvalue weighted by molar-refractivity contribution is -0.679. The maximum atomic E-state index is 2.28. The SMILES string of the molecule is C[n+]1ccc(-c2cc[n+](C)c(C3C=CC=C3)c2)cc1. The van der Waals surface area contributed by atoms with Gasteiger partial charge in [-0.1, -0.05) is 24.3 Å². The van der Waals surface area contributed by atoms with Gasteiger partial charge in [0.05, 0.1) is 5.92 Å². The van der Waals surface area contributed by atoms with Gasteiger partial charge in [-0.3, -0.25) is 0 Å². The maximum Gasteiger partial charge on any atom is 0.192 e. The van der Waals surface area contributed by atoms with Crippen molar-refractivity contribution in [2.45, 2.75) is 5.92 Å². The average Bonchev–Trinajstić information content (AvgIpc) is 2.94. The molecule has 1 aliphatic carbocycles. The third-order valence-electron chi connectivity index (χ3n) is 3.59. The van der Waals surface area contributed by atoms with E-state index in [1.54, 1.807) is 0 Å². The number of aromatic nitrogens is 2. The van der Waals surface area contributed by atoms with E-state index in [2.05, 4.69) is 83.3 Å². The van der Waals surface area contributed by atoms with Crippen molar-refractivity contribution < 1.29 is 9.13 Å². The normalized spacial score (nSPS) is 14.2. The molecule has 2 nitrogen and oxygen atoms in total. The van der Waals surface area contributed by atoms with Crippen molar-refractivity contribution >= 4 is 0 Å². The van der Waals surface area contributed by atoms with Crippen molar-refractivity contribution in [3.05, 3.63) is 72.9 Å². The number of pyridine rings is 2. The van der Waals surface area contributed by atoms with Gasteiger partial charge in [0.25, 0.3) is 0 Å². The first-order valence-electron chi connectivity index (χ1n) is 6.54. The van der Waals surface area contributed by atoms with Crippen LogP contribution >= 0.6 is 0 Å². The van der Waals surface area contributed by atoms with E-state index in [1.165, 1.54) is 16.8 Å². The zero-order valence-electron chi connectivity index (χ0n) is 11.3. The summed E-state index contributed by atoms with van der Waals surface area (Å²) in [7, 11) is 4.14. The Hall–Kier alpha value is -2.22. The summed E-state index contributed by atoms with van der Waals surface area (Å²) in [5.74, 6) is 0.393. The summed E-state index contributed by atoms with van der Waals surface area (Å²) in [5.41, 5.74) is 3.84. The predicted octanol–water partition coefficient (Wildman–Crippen LogP) is 2.21. The lowest BCUT2D eigenvalue weighted by Crippen LogP contribution is -2.33. The van der Waals surface area contributed by atoms with Gasteiger partial charge in [-0.2, -0.15) is 0 Å². The molecule has 2 heterocycles. The van der Waals surface area contributed by atoms with E-state index in [4.69, 9.17) is 0 Å². The molecule has 0 fully saturated rings. The number of hydrogen-bond acceptors (Lipinski definition) is 0. The van der Waals surface area contributed by atoms with Crippen LogP contribution in [0.1, 0.15) is 11.6 Å². The number of aryl methyl sites for hydroxylation is 2. The molecular weight excluding hydrogens is 232 g/mol. The fourth-order valence-corrected chi connectivity index (χ4v) is 2.42. The summed E-state index contributed by atoms with van der Waals surface area (Å²) in [6.45, 7) is 0. The van der Waals surface area contributed by atoms with E-state index < -0.39 is 0 Å². The Bertz CT molecular complexity index is 639. The molecule has 0 radical (unpaired) electrons. The number of nitrogens with zero attached hydrogens (tertiary/aromatic N) is 2. The van der Waals surface area contributed by atoms with Gasteiger partial charge < -0.3 is 0 Å². The summed E-state index contributed by atoms with van der Waals surface area (Å²) in [6, 6.07) is 8.75. The Morgan fingerprint density at radius 3 is 2.16 bits per heavy atom. The lowest BCUT2D eigenvalue weighted by Gasteiger charge is -2.06. The van der Waals surface area contributed by atoms with E-state index in [-0.39, 0.29) is 0 Å². The second kappa shape index (κ2) is 4.81. The van der Waals surface area contributed by atoms with Crippen LogP contribution in [0.3, 0.4) is 0 Å². The van der Waals surface area contributed by atoms with Crippen LogP contribution in [-0.4, -0.2) is 0 Å². The van der Waals surface area contributed by atoms with Gasteiger partial charge in [-0.25, -0.2) is 9.13 Å². The van der Waals surface area contributed by atoms with Crippen LogP contribution < -0.4 is 9.13 Å². The topological polar surface area (TPSA) is 7.76 Å². The molecule has 2 heteroatoms. The first-order valence-corrected chi connectivity index (χ1v) is 6.54. The van der Waals surface area contributed by atoms with Crippen LogP contribution in [0.2, 0.25) is 0 Å². The Labute approximate surface area is 114 Å². The van der Waals surface area contributed by atoms with E-state index in [9.17, 15) is 0 Å². The number of hydrogen-bond donors (Lipinski definition) is 0. The molecule has 0 aliphatic heterocycles. The third-order valence-corrected chi connectivity index (χ3v) is 3.59. The molecule has 0 aromatic carbocycles. The van der Waals surface area contributed by atoms with Crippen molar-refractivity contribution in [2.24, 2.45) is 14.1 Å². The number of allylic oxidation sites excluding steroid dienone is 4. The quantitative estimate of drug-likeness (QED) is 0.722. The first-order chi connectivity index (χ1) is 9.24. The summed E-state index contributed by atoms with van der Waals surface area (Å²) in [6.07, 6.45) is 15.0. The van der Waals surface area contributed by atoms with Gasteiger partial charge in [0.15, 0.2) is 24.3 Å². The largest absolute Gasteiger partial charge is 0.208 e. The highest BCUT2D eigenvalue weighted by molar-refractivity contribution is 5.62. The molecule has 0 spiro atoms. The van der Waals surface area contributed by atoms with Crippen LogP contribution in [-0.2, 0) is 14.1 Å². The van der Waals surface area contributed by atoms with Crippen LogP contribution in [0.15, 0.2) is 67.2 Å². The Kier molecular flexibility index (Phi) is 3.00. The first kappa shape index (κ1) is 11.8. The molecule has 2 aromatic rings. The molecule has 0 atom stereocenters. The van der Waals surface area contributed by atoms with Crippen molar-refractivity contribution in [2.75, 3.05) is 0 Å². The zero-order chi connectivity index (χ0) is 13.2. The van der Waals surface area contributed by atoms with E-state index in [0.717, 1.165) is 0 Å². The second-order valence-electron chi connectivity index (χ2n) is 5.00. The summed E-state index contributed by atoms with van der Waals surface area (Å²) >= 11 is 0. The highest BCUT2D eigenvalue weighted by atomic mass is 14.9. The highest BCUT2D eigenvalue weighted by Gasteiger charge is 2.18. The van der Waals surface area contributed by atoms with Crippen LogP contribution in [0.25, 0.3) is 11.1 Å². The van der Waals surface area contributed by atoms with E-state index in [0.29, 0.717) is 5.92 Å². The molecule has 0 amide bonds. The standard InChI is InChI=1S/C17H18N2/c1-18-10-7-14(8-11-18)16-9-12-19(2)17(13-16)15-5-3-4-6-15/h3-13,15H,1-2H3/q+2. The van der Waals surface area contributed by atoms with Gasteiger partial charge in [-0.05, 0) is 11.1 Å². The minimum Gasteiger partial charge on any atom is -0.208 e. The molecule has 1 aliphatic rings. The summed E-state index contributed by atoms with van der Waals surface area (Å²) in [4.78, 5) is 0. The molecule has 0 bridgehead atoms. The van der Waals surface area contributed by atoms with Crippen LogP contribution in [0.4, 0.5) is 0 Å². The minimum atomic E-state index is 0.393. The molecule has 0 saturated heterocycles. The average molecular weight is 250 g/mol. The fraction of sp³-hybridized carbons (Fsp3) is 0.176. The smallest absolute Gasteiger partial charge is 0.192 e. The Balaban J connectivity index is 2.03. The molecule has 0 unspecified atom stereocenters. The van der Waals surface area contributed by atoms with Gasteiger partial charge in [-0.15, -0.1) is 0 Å². The number of rotatable bonds is 2. The minimum absolute atomic E-state index is 0.393. The molecular formula is C17H18N2+2. The third kappa shape index (κ3) is 2.34. The van der Waals surface area contributed by atoms with Crippen molar-refractivity contribution in [3.8, 4) is 11.1 Å². The summed E-state index contributed by atoms with van der Waals surface area (Å²) in [5, 5.41) is 0. The van der Waals surface area contributed by atoms with Crippen LogP contribution in [0.5, 0.6) is 0 Å². The monoisotopic (exact) mass is 250 g/mol. The Morgan fingerprint density at radius 2 is 1.47 bits per heavy atom. The molecule has 19 heavy (non-hydrogen) atoms. The van der Waals surface area contributed by atoms with E-state index >= 15 is 0 Å².